The topological polar surface area (TPSA) is 83.0 Å². The van der Waals surface area contributed by atoms with Gasteiger partial charge in [0, 0.05) is 65.5 Å². The van der Waals surface area contributed by atoms with Gasteiger partial charge in [0.25, 0.3) is 0 Å². The normalized spacial score (nSPS) is 12.3. The third-order valence-electron chi connectivity index (χ3n) is 15.1. The lowest BCUT2D eigenvalue weighted by Gasteiger charge is -2.25. The van der Waals surface area contributed by atoms with E-state index in [0.717, 1.165) is 81.6 Å². The molecule has 0 amide bonds. The van der Waals surface area contributed by atoms with Gasteiger partial charge in [0.05, 0.1) is 24.6 Å². The summed E-state index contributed by atoms with van der Waals surface area (Å²) in [7, 11) is -0.144. The van der Waals surface area contributed by atoms with E-state index in [9.17, 15) is 10.2 Å². The highest BCUT2D eigenvalue weighted by molar-refractivity contribution is 7.80. The molecule has 0 aliphatic carbocycles. The smallest absolute Gasteiger partial charge is 0.132 e. The van der Waals surface area contributed by atoms with Gasteiger partial charge in [0.15, 0.2) is 0 Å². The van der Waals surface area contributed by atoms with Crippen LogP contribution in [0.2, 0.25) is 0 Å². The second kappa shape index (κ2) is 22.8. The van der Waals surface area contributed by atoms with Gasteiger partial charge in [-0.3, -0.25) is 9.98 Å². The number of aromatic nitrogens is 2. The Morgan fingerprint density at radius 2 is 0.802 bits per heavy atom. The molecule has 1 aromatic heterocycles. The maximum Gasteiger partial charge on any atom is 0.132 e. The van der Waals surface area contributed by atoms with Crippen molar-refractivity contribution in [2.75, 3.05) is 6.54 Å². The van der Waals surface area contributed by atoms with Crippen LogP contribution in [0.4, 0.5) is 0 Å². The molecule has 0 bridgehead atoms. The van der Waals surface area contributed by atoms with Crippen molar-refractivity contribution >= 4 is 103 Å². The fraction of sp³-hybridized carbons (Fsp3) is 0.0548. The van der Waals surface area contributed by atoms with Crippen LogP contribution in [0.1, 0.15) is 16.8 Å². The molecule has 0 aliphatic heterocycles. The minimum Gasteiger partial charge on any atom is -0.507 e. The molecule has 12 aromatic carbocycles. The highest BCUT2D eigenvalue weighted by atomic mass is 31.1. The zero-order valence-electron chi connectivity index (χ0n) is 44.6. The lowest BCUT2D eigenvalue weighted by atomic mass is 9.91. The van der Waals surface area contributed by atoms with Crippen LogP contribution < -0.4 is 31.8 Å². The van der Waals surface area contributed by atoms with Gasteiger partial charge in [-0.1, -0.05) is 243 Å². The predicted octanol–water partition coefficient (Wildman–Crippen LogP) is 14.4. The van der Waals surface area contributed by atoms with Gasteiger partial charge in [-0.25, -0.2) is 4.98 Å². The number of aromatic hydroxyl groups is 2. The van der Waals surface area contributed by atoms with Gasteiger partial charge in [-0.2, -0.15) is 0 Å². The third-order valence-corrected chi connectivity index (χ3v) is 20.1. The van der Waals surface area contributed by atoms with Gasteiger partial charge in [0.2, 0.25) is 0 Å². The van der Waals surface area contributed by atoms with Gasteiger partial charge in [-0.15, -0.1) is 0 Å². The summed E-state index contributed by atoms with van der Waals surface area (Å²) in [4.78, 5) is 15.2. The monoisotopic (exact) mass is 1080 g/mol. The van der Waals surface area contributed by atoms with E-state index in [1.54, 1.807) is 12.5 Å². The Labute approximate surface area is 474 Å². The molecule has 6 nitrogen and oxygen atoms in total. The van der Waals surface area contributed by atoms with Crippen LogP contribution in [0.5, 0.6) is 11.5 Å². The van der Waals surface area contributed by atoms with Crippen molar-refractivity contribution in [3.8, 4) is 33.8 Å². The number of hydrogen-bond acceptors (Lipinski definition) is 5. The largest absolute Gasteiger partial charge is 0.507 e. The predicted molar refractivity (Wildman–Crippen MR) is 345 cm³/mol. The van der Waals surface area contributed by atoms with Gasteiger partial charge < -0.3 is 14.8 Å². The highest BCUT2D eigenvalue weighted by Crippen LogP contribution is 2.48. The Hall–Kier alpha value is -9.31. The standard InChI is InChI=1S/C73H56N4O2P2/c1-77-48-57(76-49-77)44-56(75-46-55-43-53-25-17-21-37-65(53)71(73(55)79)69-63-35-19-15-23-51(63)39-41-67(69)81(60-30-10-4-11-31-60)61-32-12-5-13-33-61)47-74-45-54-42-52-24-16-20-36-64(52)70(72(54)78)68-62-34-18-14-22-50(62)38-40-66(68)80(58-26-6-2-7-27-58)59-28-8-3-9-29-59/h2-43,45-46,48-49,56,78-79H,44,47H2,1H3/t56-/m0/s1. The van der Waals surface area contributed by atoms with Crippen LogP contribution in [0.25, 0.3) is 65.3 Å². The fourth-order valence-corrected chi connectivity index (χ4v) is 16.4. The van der Waals surface area contributed by atoms with Crippen molar-refractivity contribution in [1.29, 1.82) is 0 Å². The maximum absolute atomic E-state index is 13.0. The first kappa shape index (κ1) is 51.1. The fourth-order valence-electron chi connectivity index (χ4n) is 11.4. The minimum absolute atomic E-state index is 0.163. The Morgan fingerprint density at radius 3 is 1.21 bits per heavy atom. The zero-order chi connectivity index (χ0) is 54.7. The molecule has 1 heterocycles. The second-order valence-electron chi connectivity index (χ2n) is 20.4. The quantitative estimate of drug-likeness (QED) is 0.0793. The van der Waals surface area contributed by atoms with Gasteiger partial charge in [0.1, 0.15) is 11.5 Å². The van der Waals surface area contributed by atoms with Crippen LogP contribution in [0.3, 0.4) is 0 Å². The van der Waals surface area contributed by atoms with E-state index in [1.165, 1.54) is 21.2 Å². The number of aliphatic imine (C=N–C) groups is 2. The number of benzene rings is 12. The minimum atomic E-state index is -1.06. The summed E-state index contributed by atoms with van der Waals surface area (Å²) in [6, 6.07) is 89.2. The number of nitrogens with zero attached hydrogens (tertiary/aromatic N) is 4. The second-order valence-corrected chi connectivity index (χ2v) is 24.7. The summed E-state index contributed by atoms with van der Waals surface area (Å²) in [5.74, 6) is 0.330. The molecule has 81 heavy (non-hydrogen) atoms. The summed E-state index contributed by atoms with van der Waals surface area (Å²) in [5, 5.41) is 41.4. The highest BCUT2D eigenvalue weighted by Gasteiger charge is 2.28. The Morgan fingerprint density at radius 1 is 0.432 bits per heavy atom. The van der Waals surface area contributed by atoms with Crippen LogP contribution in [0.15, 0.2) is 277 Å². The average molecular weight is 1080 g/mol. The van der Waals surface area contributed by atoms with E-state index in [2.05, 4.69) is 218 Å². The number of phenols is 2. The first-order valence-electron chi connectivity index (χ1n) is 27.3. The lowest BCUT2D eigenvalue weighted by Crippen LogP contribution is -2.22. The summed E-state index contributed by atoms with van der Waals surface area (Å²) >= 11 is 0. The molecule has 0 saturated heterocycles. The van der Waals surface area contributed by atoms with E-state index < -0.39 is 15.8 Å². The van der Waals surface area contributed by atoms with E-state index in [4.69, 9.17) is 15.0 Å². The molecule has 0 saturated carbocycles. The summed E-state index contributed by atoms with van der Waals surface area (Å²) in [6.07, 6.45) is 7.94. The van der Waals surface area contributed by atoms with Crippen molar-refractivity contribution in [3.63, 3.8) is 0 Å². The number of aryl methyl sites for hydroxylation is 1. The van der Waals surface area contributed by atoms with Gasteiger partial charge in [-0.05, 0) is 103 Å². The van der Waals surface area contributed by atoms with E-state index >= 15 is 0 Å². The Bertz CT molecular complexity index is 4390. The first-order chi connectivity index (χ1) is 39.9. The summed E-state index contributed by atoms with van der Waals surface area (Å²) in [6.45, 7) is 0.286. The molecule has 0 radical (unpaired) electrons. The molecule has 390 valence electrons. The van der Waals surface area contributed by atoms with Gasteiger partial charge >= 0.3 is 0 Å². The summed E-state index contributed by atoms with van der Waals surface area (Å²) < 4.78 is 1.94. The Kier molecular flexibility index (Phi) is 14.4. The number of imidazole rings is 1. The van der Waals surface area contributed by atoms with Crippen LogP contribution >= 0.6 is 15.8 Å². The van der Waals surface area contributed by atoms with E-state index in [-0.39, 0.29) is 24.1 Å². The zero-order valence-corrected chi connectivity index (χ0v) is 46.4. The average Bonchev–Trinajstić information content (AvgIpc) is 4.11. The maximum atomic E-state index is 13.0. The SMILES string of the molecule is Cn1cnc(C[C@@H](CN=Cc2cc3ccccc3c(-c3c(P(c4ccccc4)c4ccccc4)ccc4ccccc34)c2O)N=Cc2cc3ccccc3c(-c3c(P(c4ccccc4)c4ccccc4)ccc4ccccc34)c2O)c1. The molecule has 13 rings (SSSR count). The molecule has 2 N–H and O–H groups in total. The molecular weight excluding hydrogens is 1030 g/mol. The Balaban J connectivity index is 0.930. The van der Waals surface area contributed by atoms with Crippen molar-refractivity contribution in [2.24, 2.45) is 17.0 Å². The molecule has 0 aliphatic rings. The van der Waals surface area contributed by atoms with Crippen molar-refractivity contribution in [1.82, 2.24) is 9.55 Å². The number of rotatable bonds is 15. The van der Waals surface area contributed by atoms with E-state index in [1.807, 2.05) is 60.4 Å². The lowest BCUT2D eigenvalue weighted by molar-refractivity contribution is 0.476. The molecule has 0 spiro atoms. The van der Waals surface area contributed by atoms with Crippen molar-refractivity contribution in [3.05, 3.63) is 284 Å². The molecule has 0 fully saturated rings. The number of phenolic OH excluding ortho intramolecular Hbond substituents is 2. The molecule has 1 atom stereocenters. The van der Waals surface area contributed by atoms with E-state index in [0.29, 0.717) is 17.5 Å². The van der Waals surface area contributed by atoms with Crippen LogP contribution in [-0.4, -0.2) is 44.8 Å². The first-order valence-corrected chi connectivity index (χ1v) is 30.0. The van der Waals surface area contributed by atoms with Crippen molar-refractivity contribution < 1.29 is 10.2 Å². The van der Waals surface area contributed by atoms with Crippen LogP contribution in [-0.2, 0) is 13.5 Å². The molecule has 13 aromatic rings. The number of fused-ring (bicyclic) bond motifs is 4. The van der Waals surface area contributed by atoms with Crippen molar-refractivity contribution in [2.45, 2.75) is 12.5 Å². The number of hydrogen-bond donors (Lipinski definition) is 2. The molecule has 0 unspecified atom stereocenters. The summed E-state index contributed by atoms with van der Waals surface area (Å²) in [5.41, 5.74) is 5.66. The molecular formula is C73H56N4O2P2. The third kappa shape index (κ3) is 10.2. The van der Waals surface area contributed by atoms with Crippen LogP contribution in [0, 0.1) is 0 Å². The molecule has 8 heteroatoms.